The van der Waals surface area contributed by atoms with E-state index < -0.39 is 40.5 Å². The Bertz CT molecular complexity index is 1520. The zero-order valence-corrected chi connectivity index (χ0v) is 19.1. The van der Waals surface area contributed by atoms with Gasteiger partial charge < -0.3 is 13.9 Å². The Morgan fingerprint density at radius 2 is 1.72 bits per heavy atom. The van der Waals surface area contributed by atoms with E-state index in [9.17, 15) is 27.2 Å². The Morgan fingerprint density at radius 1 is 1.03 bits per heavy atom. The highest BCUT2D eigenvalue weighted by Crippen LogP contribution is 2.38. The molecule has 5 nitrogen and oxygen atoms in total. The number of rotatable bonds is 5. The molecule has 3 aromatic carbocycles. The largest absolute Gasteiger partial charge is 0.453 e. The van der Waals surface area contributed by atoms with Crippen LogP contribution >= 0.6 is 11.6 Å². The standard InChI is InChI=1S/C26H15ClF4O5/c1-14-5-7-15(8-6-14)35-24-23(33)18-10-9-16(13-21(18)36-25(24)26(29,30)31)34-22(32)12-11-17-19(27)3-2-4-20(17)28/h2-13H,1H3. The van der Waals surface area contributed by atoms with Crippen LogP contribution in [0.1, 0.15) is 16.9 Å². The third-order valence-corrected chi connectivity index (χ3v) is 5.25. The number of ether oxygens (including phenoxy) is 2. The van der Waals surface area contributed by atoms with Crippen molar-refractivity contribution < 1.29 is 36.2 Å². The molecule has 1 heterocycles. The van der Waals surface area contributed by atoms with E-state index in [1.165, 1.54) is 30.3 Å². The number of alkyl halides is 3. The summed E-state index contributed by atoms with van der Waals surface area (Å²) in [5.41, 5.74) is -0.736. The molecular formula is C26H15ClF4O5. The van der Waals surface area contributed by atoms with Crippen LogP contribution in [0.25, 0.3) is 17.0 Å². The molecule has 0 spiro atoms. The summed E-state index contributed by atoms with van der Waals surface area (Å²) in [7, 11) is 0. The zero-order chi connectivity index (χ0) is 26.0. The number of carbonyl (C=O) groups is 1. The van der Waals surface area contributed by atoms with Gasteiger partial charge in [0.2, 0.25) is 11.2 Å². The van der Waals surface area contributed by atoms with Gasteiger partial charge in [-0.2, -0.15) is 13.2 Å². The summed E-state index contributed by atoms with van der Waals surface area (Å²) in [4.78, 5) is 25.0. The van der Waals surface area contributed by atoms with E-state index in [0.29, 0.717) is 0 Å². The van der Waals surface area contributed by atoms with Crippen LogP contribution in [0.3, 0.4) is 0 Å². The van der Waals surface area contributed by atoms with E-state index in [-0.39, 0.29) is 27.5 Å². The summed E-state index contributed by atoms with van der Waals surface area (Å²) in [5, 5.41) is -0.159. The summed E-state index contributed by atoms with van der Waals surface area (Å²) in [6.07, 6.45) is -3.07. The monoisotopic (exact) mass is 518 g/mol. The smallest absolute Gasteiger partial charge is 0.449 e. The van der Waals surface area contributed by atoms with E-state index in [1.807, 2.05) is 0 Å². The minimum atomic E-state index is -5.05. The van der Waals surface area contributed by atoms with Crippen LogP contribution in [-0.2, 0) is 11.0 Å². The first-order valence-electron chi connectivity index (χ1n) is 10.3. The summed E-state index contributed by atoms with van der Waals surface area (Å²) in [6, 6.07) is 13.3. The fourth-order valence-corrected chi connectivity index (χ4v) is 3.42. The Kier molecular flexibility index (Phi) is 6.85. The van der Waals surface area contributed by atoms with Gasteiger partial charge in [0.05, 0.1) is 10.4 Å². The van der Waals surface area contributed by atoms with Gasteiger partial charge in [-0.3, -0.25) is 4.79 Å². The molecule has 0 radical (unpaired) electrons. The third-order valence-electron chi connectivity index (χ3n) is 4.92. The molecular weight excluding hydrogens is 504 g/mol. The highest BCUT2D eigenvalue weighted by molar-refractivity contribution is 6.32. The zero-order valence-electron chi connectivity index (χ0n) is 18.4. The van der Waals surface area contributed by atoms with E-state index in [1.54, 1.807) is 19.1 Å². The van der Waals surface area contributed by atoms with Crippen LogP contribution in [0, 0.1) is 12.7 Å². The lowest BCUT2D eigenvalue weighted by molar-refractivity contribution is -0.154. The Balaban J connectivity index is 1.67. The fraction of sp³-hybridized carbons (Fsp3) is 0.0769. The van der Waals surface area contributed by atoms with Crippen LogP contribution < -0.4 is 14.9 Å². The van der Waals surface area contributed by atoms with Crippen LogP contribution in [0.2, 0.25) is 5.02 Å². The van der Waals surface area contributed by atoms with Crippen molar-refractivity contribution in [2.45, 2.75) is 13.1 Å². The predicted molar refractivity (Wildman–Crippen MR) is 125 cm³/mol. The molecule has 0 aliphatic rings. The first kappa shape index (κ1) is 25.0. The lowest BCUT2D eigenvalue weighted by Gasteiger charge is -2.13. The molecule has 0 atom stereocenters. The Labute approximate surface area is 206 Å². The van der Waals surface area contributed by atoms with Gasteiger partial charge >= 0.3 is 12.1 Å². The molecule has 0 saturated carbocycles. The molecule has 4 rings (SSSR count). The van der Waals surface area contributed by atoms with Crippen molar-refractivity contribution in [3.63, 3.8) is 0 Å². The predicted octanol–water partition coefficient (Wildman–Crippen LogP) is 7.32. The highest BCUT2D eigenvalue weighted by atomic mass is 35.5. The van der Waals surface area contributed by atoms with E-state index in [4.69, 9.17) is 25.5 Å². The number of carbonyl (C=O) groups excluding carboxylic acids is 1. The second kappa shape index (κ2) is 9.87. The molecule has 0 bridgehead atoms. The molecule has 184 valence electrons. The average molecular weight is 519 g/mol. The molecule has 10 heteroatoms. The first-order valence-corrected chi connectivity index (χ1v) is 10.7. The second-order valence-electron chi connectivity index (χ2n) is 7.55. The van der Waals surface area contributed by atoms with E-state index in [2.05, 4.69) is 0 Å². The normalized spacial score (nSPS) is 11.7. The molecule has 0 fully saturated rings. The molecule has 0 unspecified atom stereocenters. The molecule has 1 aromatic heterocycles. The number of hydrogen-bond donors (Lipinski definition) is 0. The van der Waals surface area contributed by atoms with Crippen LogP contribution in [-0.4, -0.2) is 5.97 Å². The van der Waals surface area contributed by atoms with Gasteiger partial charge in [0.15, 0.2) is 0 Å². The number of benzene rings is 3. The maximum Gasteiger partial charge on any atom is 0.453 e. The molecule has 0 aliphatic heterocycles. The summed E-state index contributed by atoms with van der Waals surface area (Å²) >= 11 is 5.89. The minimum absolute atomic E-state index is 0.0186. The Hall–Kier alpha value is -4.11. The van der Waals surface area contributed by atoms with Gasteiger partial charge in [-0.15, -0.1) is 0 Å². The van der Waals surface area contributed by atoms with E-state index in [0.717, 1.165) is 35.9 Å². The van der Waals surface area contributed by atoms with Gasteiger partial charge in [0, 0.05) is 17.7 Å². The number of fused-ring (bicyclic) bond motifs is 1. The molecule has 0 saturated heterocycles. The molecule has 0 aliphatic carbocycles. The lowest BCUT2D eigenvalue weighted by atomic mass is 10.2. The third kappa shape index (κ3) is 5.41. The minimum Gasteiger partial charge on any atom is -0.449 e. The highest BCUT2D eigenvalue weighted by Gasteiger charge is 2.40. The number of esters is 1. The topological polar surface area (TPSA) is 65.7 Å². The van der Waals surface area contributed by atoms with E-state index >= 15 is 0 Å². The van der Waals surface area contributed by atoms with Crippen LogP contribution in [0.5, 0.6) is 17.2 Å². The van der Waals surface area contributed by atoms with Crippen LogP contribution in [0.15, 0.2) is 76.0 Å². The number of aryl methyl sites for hydroxylation is 1. The SMILES string of the molecule is Cc1ccc(Oc2c(C(F)(F)F)oc3cc(OC(=O)C=Cc4c(F)cccc4Cl)ccc3c2=O)cc1. The Morgan fingerprint density at radius 3 is 2.39 bits per heavy atom. The van der Waals surface area contributed by atoms with Gasteiger partial charge in [-0.1, -0.05) is 35.4 Å². The van der Waals surface area contributed by atoms with Crippen LogP contribution in [0.4, 0.5) is 17.6 Å². The summed E-state index contributed by atoms with van der Waals surface area (Å²) < 4.78 is 70.3. The first-order chi connectivity index (χ1) is 17.0. The van der Waals surface area contributed by atoms with Gasteiger partial charge in [-0.25, -0.2) is 9.18 Å². The van der Waals surface area contributed by atoms with Crippen molar-refractivity contribution in [1.29, 1.82) is 0 Å². The molecule has 36 heavy (non-hydrogen) atoms. The molecule has 0 N–H and O–H groups in total. The maximum absolute atomic E-state index is 13.8. The van der Waals surface area contributed by atoms with Crippen molar-refractivity contribution in [3.8, 4) is 17.2 Å². The molecule has 4 aromatic rings. The van der Waals surface area contributed by atoms with Crippen molar-refractivity contribution >= 4 is 34.6 Å². The van der Waals surface area contributed by atoms with Crippen molar-refractivity contribution in [3.05, 3.63) is 105 Å². The number of hydrogen-bond acceptors (Lipinski definition) is 5. The molecule has 0 amide bonds. The second-order valence-corrected chi connectivity index (χ2v) is 7.96. The lowest BCUT2D eigenvalue weighted by Crippen LogP contribution is -2.15. The average Bonchev–Trinajstić information content (AvgIpc) is 2.81. The van der Waals surface area contributed by atoms with Crippen molar-refractivity contribution in [1.82, 2.24) is 0 Å². The quantitative estimate of drug-likeness (QED) is 0.120. The summed E-state index contributed by atoms with van der Waals surface area (Å²) in [6.45, 7) is 1.78. The summed E-state index contributed by atoms with van der Waals surface area (Å²) in [5.74, 6) is -4.48. The van der Waals surface area contributed by atoms with Gasteiger partial charge in [-0.05, 0) is 49.4 Å². The number of halogens is 5. The van der Waals surface area contributed by atoms with Crippen molar-refractivity contribution in [2.24, 2.45) is 0 Å². The van der Waals surface area contributed by atoms with Gasteiger partial charge in [0.25, 0.3) is 5.76 Å². The van der Waals surface area contributed by atoms with Crippen molar-refractivity contribution in [2.75, 3.05) is 0 Å². The maximum atomic E-state index is 13.8. The fourth-order valence-electron chi connectivity index (χ4n) is 3.19. The van der Waals surface area contributed by atoms with Gasteiger partial charge in [0.1, 0.15) is 22.9 Å².